The van der Waals surface area contributed by atoms with Crippen molar-refractivity contribution in [2.75, 3.05) is 19.8 Å². The minimum atomic E-state index is -1.86. The molecule has 1 aromatic carbocycles. The molecule has 0 saturated carbocycles. The maximum Gasteiger partial charge on any atom is 0.408 e. The summed E-state index contributed by atoms with van der Waals surface area (Å²) in [5.41, 5.74) is -0.0215. The molecule has 0 radical (unpaired) electrons. The summed E-state index contributed by atoms with van der Waals surface area (Å²) in [5.74, 6) is 5.67. The molecule has 0 unspecified atom stereocenters. The first kappa shape index (κ1) is 25.0. The summed E-state index contributed by atoms with van der Waals surface area (Å²) < 4.78 is 30.6. The Morgan fingerprint density at radius 2 is 1.79 bits per heavy atom. The van der Waals surface area contributed by atoms with Crippen LogP contribution >= 0.6 is 0 Å². The lowest BCUT2D eigenvalue weighted by Crippen LogP contribution is -2.41. The molecule has 7 heteroatoms. The monoisotopic (exact) mass is 423 g/mol. The van der Waals surface area contributed by atoms with Crippen LogP contribution in [0.25, 0.3) is 0 Å². The highest BCUT2D eigenvalue weighted by Gasteiger charge is 2.36. The van der Waals surface area contributed by atoms with Crippen molar-refractivity contribution < 1.29 is 23.1 Å². The molecule has 1 aromatic rings. The van der Waals surface area contributed by atoms with Gasteiger partial charge in [0, 0.05) is 6.07 Å². The van der Waals surface area contributed by atoms with E-state index in [1.807, 2.05) is 0 Å². The van der Waals surface area contributed by atoms with E-state index in [9.17, 15) is 9.18 Å². The Hall–Kier alpha value is -2.04. The molecule has 29 heavy (non-hydrogen) atoms. The van der Waals surface area contributed by atoms with Crippen LogP contribution in [0.1, 0.15) is 47.1 Å². The maximum atomic E-state index is 13.6. The topological polar surface area (TPSA) is 56.8 Å². The number of ether oxygens (including phenoxy) is 2. The fraction of sp³-hybridized carbons (Fsp3) is 0.591. The smallest absolute Gasteiger partial charge is 0.408 e. The summed E-state index contributed by atoms with van der Waals surface area (Å²) in [6.45, 7) is 17.1. The van der Waals surface area contributed by atoms with Crippen molar-refractivity contribution in [3.63, 3.8) is 0 Å². The molecule has 0 aromatic heterocycles. The highest BCUT2D eigenvalue weighted by atomic mass is 28.4. The predicted octanol–water partition coefficient (Wildman–Crippen LogP) is 5.10. The third kappa shape index (κ3) is 9.33. The summed E-state index contributed by atoms with van der Waals surface area (Å²) >= 11 is 0. The van der Waals surface area contributed by atoms with Crippen LogP contribution in [0, 0.1) is 17.7 Å². The second-order valence-electron chi connectivity index (χ2n) is 9.25. The SMILES string of the molecule is CC(C)(C)OC(=O)NCC#Cc1ccc(F)cc1OCCO[Si](C)(C)C(C)(C)C. The van der Waals surface area contributed by atoms with E-state index in [0.717, 1.165) is 0 Å². The van der Waals surface area contributed by atoms with Gasteiger partial charge in [0.15, 0.2) is 8.32 Å². The van der Waals surface area contributed by atoms with Crippen LogP contribution in [0.4, 0.5) is 9.18 Å². The van der Waals surface area contributed by atoms with E-state index in [2.05, 4.69) is 51.0 Å². The third-order valence-corrected chi connectivity index (χ3v) is 9.03. The Kier molecular flexibility index (Phi) is 8.73. The fourth-order valence-electron chi connectivity index (χ4n) is 1.95. The summed E-state index contributed by atoms with van der Waals surface area (Å²) in [6.07, 6.45) is -0.537. The van der Waals surface area contributed by atoms with Crippen molar-refractivity contribution in [2.45, 2.75) is 65.3 Å². The molecular weight excluding hydrogens is 389 g/mol. The molecule has 0 bridgehead atoms. The van der Waals surface area contributed by atoms with E-state index in [-0.39, 0.29) is 11.6 Å². The van der Waals surface area contributed by atoms with E-state index in [4.69, 9.17) is 13.9 Å². The number of benzene rings is 1. The molecule has 1 N–H and O–H groups in total. The normalized spacial score (nSPS) is 12.0. The van der Waals surface area contributed by atoms with E-state index >= 15 is 0 Å². The van der Waals surface area contributed by atoms with Crippen LogP contribution in [0.3, 0.4) is 0 Å². The Balaban J connectivity index is 2.64. The summed E-state index contributed by atoms with van der Waals surface area (Å²) in [6, 6.07) is 4.18. The van der Waals surface area contributed by atoms with Crippen molar-refractivity contribution in [2.24, 2.45) is 0 Å². The van der Waals surface area contributed by atoms with Crippen LogP contribution < -0.4 is 10.1 Å². The third-order valence-electron chi connectivity index (χ3n) is 4.50. The standard InChI is InChI=1S/C22H34FNO4Si/c1-21(2,3)28-20(25)24-13-9-10-17-11-12-18(23)16-19(17)26-14-15-27-29(7,8)22(4,5)6/h11-12,16H,13-15H2,1-8H3,(H,24,25). The van der Waals surface area contributed by atoms with Crippen molar-refractivity contribution in [1.82, 2.24) is 5.32 Å². The van der Waals surface area contributed by atoms with Crippen LogP contribution in [0.15, 0.2) is 18.2 Å². The highest BCUT2D eigenvalue weighted by molar-refractivity contribution is 6.74. The van der Waals surface area contributed by atoms with Crippen molar-refractivity contribution in [1.29, 1.82) is 0 Å². The van der Waals surface area contributed by atoms with Gasteiger partial charge in [-0.15, -0.1) is 0 Å². The second-order valence-corrected chi connectivity index (χ2v) is 14.1. The van der Waals surface area contributed by atoms with Crippen molar-refractivity contribution in [3.8, 4) is 17.6 Å². The molecule has 1 rings (SSSR count). The molecule has 0 aliphatic heterocycles. The van der Waals surface area contributed by atoms with Crippen molar-refractivity contribution in [3.05, 3.63) is 29.6 Å². The van der Waals surface area contributed by atoms with E-state index in [1.54, 1.807) is 26.8 Å². The molecule has 0 saturated heterocycles. The van der Waals surface area contributed by atoms with Gasteiger partial charge < -0.3 is 19.2 Å². The molecule has 5 nitrogen and oxygen atoms in total. The van der Waals surface area contributed by atoms with Gasteiger partial charge in [-0.3, -0.25) is 0 Å². The van der Waals surface area contributed by atoms with Crippen LogP contribution in [-0.2, 0) is 9.16 Å². The minimum absolute atomic E-state index is 0.111. The van der Waals surface area contributed by atoms with Gasteiger partial charge in [-0.2, -0.15) is 0 Å². The average Bonchev–Trinajstić information content (AvgIpc) is 2.54. The molecule has 1 amide bonds. The Bertz CT molecular complexity index is 755. The van der Waals surface area contributed by atoms with Crippen LogP contribution in [0.5, 0.6) is 5.75 Å². The van der Waals surface area contributed by atoms with Gasteiger partial charge in [-0.25, -0.2) is 9.18 Å². The average molecular weight is 424 g/mol. The minimum Gasteiger partial charge on any atom is -0.490 e. The molecule has 162 valence electrons. The fourth-order valence-corrected chi connectivity index (χ4v) is 2.98. The first-order valence-corrected chi connectivity index (χ1v) is 12.6. The van der Waals surface area contributed by atoms with Gasteiger partial charge in [-0.05, 0) is 51.0 Å². The number of alkyl carbamates (subject to hydrolysis) is 1. The van der Waals surface area contributed by atoms with Gasteiger partial charge in [0.25, 0.3) is 0 Å². The van der Waals surface area contributed by atoms with Gasteiger partial charge in [0.1, 0.15) is 23.8 Å². The number of carbonyl (C=O) groups excluding carboxylic acids is 1. The van der Waals surface area contributed by atoms with E-state index < -0.39 is 25.8 Å². The zero-order valence-corrected chi connectivity index (χ0v) is 19.9. The molecule has 0 aliphatic rings. The Morgan fingerprint density at radius 1 is 1.14 bits per heavy atom. The lowest BCUT2D eigenvalue weighted by Gasteiger charge is -2.36. The summed E-state index contributed by atoms with van der Waals surface area (Å²) in [4.78, 5) is 11.6. The van der Waals surface area contributed by atoms with Crippen LogP contribution in [-0.4, -0.2) is 39.8 Å². The predicted molar refractivity (Wildman–Crippen MR) is 116 cm³/mol. The van der Waals surface area contributed by atoms with Crippen LogP contribution in [0.2, 0.25) is 18.1 Å². The first-order chi connectivity index (χ1) is 13.2. The quantitative estimate of drug-likeness (QED) is 0.393. The number of rotatable bonds is 6. The van der Waals surface area contributed by atoms with E-state index in [1.165, 1.54) is 12.1 Å². The number of hydrogen-bond donors (Lipinski definition) is 1. The second kappa shape index (κ2) is 10.1. The van der Waals surface area contributed by atoms with E-state index in [0.29, 0.717) is 24.5 Å². The molecule has 0 heterocycles. The number of amides is 1. The molecular formula is C22H34FNO4Si. The zero-order chi connectivity index (χ0) is 22.3. The lowest BCUT2D eigenvalue weighted by molar-refractivity contribution is 0.0535. The number of carbonyl (C=O) groups is 1. The maximum absolute atomic E-state index is 13.6. The van der Waals surface area contributed by atoms with Crippen molar-refractivity contribution >= 4 is 14.4 Å². The van der Waals surface area contributed by atoms with Gasteiger partial charge >= 0.3 is 6.09 Å². The van der Waals surface area contributed by atoms with Gasteiger partial charge in [0.2, 0.25) is 0 Å². The Morgan fingerprint density at radius 3 is 2.38 bits per heavy atom. The summed E-state index contributed by atoms with van der Waals surface area (Å²) in [5, 5.41) is 2.67. The highest BCUT2D eigenvalue weighted by Crippen LogP contribution is 2.36. The first-order valence-electron chi connectivity index (χ1n) is 9.73. The molecule has 0 aliphatic carbocycles. The van der Waals surface area contributed by atoms with Gasteiger partial charge in [0.05, 0.1) is 18.7 Å². The van der Waals surface area contributed by atoms with Gasteiger partial charge in [-0.1, -0.05) is 32.6 Å². The Labute approximate surface area is 175 Å². The molecule has 0 atom stereocenters. The zero-order valence-electron chi connectivity index (χ0n) is 18.9. The largest absolute Gasteiger partial charge is 0.490 e. The lowest BCUT2D eigenvalue weighted by atomic mass is 10.2. The number of hydrogen-bond acceptors (Lipinski definition) is 4. The summed E-state index contributed by atoms with van der Waals surface area (Å²) in [7, 11) is -1.86. The number of nitrogens with one attached hydrogen (secondary N) is 1. The number of halogens is 1. The molecule has 0 fully saturated rings. The molecule has 0 spiro atoms.